The number of ketones is 1. The van der Waals surface area contributed by atoms with Gasteiger partial charge in [0.25, 0.3) is 0 Å². The molecule has 0 aliphatic heterocycles. The molecule has 0 atom stereocenters. The largest absolute Gasteiger partial charge is 0.465 e. The number of carbonyl (C=O) groups excluding carboxylic acids is 2. The maximum atomic E-state index is 11.8. The molecule has 0 aliphatic rings. The van der Waals surface area contributed by atoms with Crippen molar-refractivity contribution < 1.29 is 18.8 Å². The molecule has 0 unspecified atom stereocenters. The van der Waals surface area contributed by atoms with Crippen molar-refractivity contribution in [3.05, 3.63) is 22.7 Å². The van der Waals surface area contributed by atoms with Crippen molar-refractivity contribution >= 4 is 33.8 Å². The van der Waals surface area contributed by atoms with Gasteiger partial charge in [0.2, 0.25) is 6.39 Å². The number of nitrogens with one attached hydrogen (secondary N) is 1. The predicted molar refractivity (Wildman–Crippen MR) is 71.7 cm³/mol. The van der Waals surface area contributed by atoms with Crippen LogP contribution in [0.15, 0.2) is 10.9 Å². The Hall–Kier alpha value is -2.42. The molecule has 3 N–H and O–H groups in total. The third kappa shape index (κ3) is 2.62. The van der Waals surface area contributed by atoms with Gasteiger partial charge in [-0.1, -0.05) is 5.16 Å². The molecule has 106 valence electrons. The Labute approximate surface area is 117 Å². The van der Waals surface area contributed by atoms with E-state index < -0.39 is 5.97 Å². The number of Topliss-reactive ketones (excluding diaryl/α,β-unsaturated/α-hetero) is 1. The average molecular weight is 296 g/mol. The Morgan fingerprint density at radius 1 is 1.55 bits per heavy atom. The van der Waals surface area contributed by atoms with E-state index in [0.717, 1.165) is 11.3 Å². The fourth-order valence-corrected chi connectivity index (χ4v) is 2.56. The van der Waals surface area contributed by atoms with Crippen LogP contribution in [0.5, 0.6) is 0 Å². The SMILES string of the molecule is COC(=O)c1c(NCc2ncon2)sc(C(C)=O)c1N. The molecule has 0 aromatic carbocycles. The number of carbonyl (C=O) groups is 2. The Morgan fingerprint density at radius 2 is 2.30 bits per heavy atom. The molecule has 2 heterocycles. The van der Waals surface area contributed by atoms with Gasteiger partial charge in [-0.3, -0.25) is 4.79 Å². The molecule has 20 heavy (non-hydrogen) atoms. The number of methoxy groups -OCH3 is 1. The first-order valence-corrected chi connectivity index (χ1v) is 6.36. The summed E-state index contributed by atoms with van der Waals surface area (Å²) < 4.78 is 9.28. The van der Waals surface area contributed by atoms with Gasteiger partial charge in [0.05, 0.1) is 24.2 Å². The number of nitrogens with zero attached hydrogens (tertiary/aromatic N) is 2. The first-order valence-electron chi connectivity index (χ1n) is 5.55. The number of nitrogens with two attached hydrogens (primary N) is 1. The first-order chi connectivity index (χ1) is 9.54. The van der Waals surface area contributed by atoms with Crippen LogP contribution in [-0.4, -0.2) is 29.0 Å². The van der Waals surface area contributed by atoms with E-state index >= 15 is 0 Å². The third-order valence-corrected chi connectivity index (χ3v) is 3.73. The fraction of sp³-hybridized carbons (Fsp3) is 0.273. The molecule has 0 saturated carbocycles. The normalized spacial score (nSPS) is 10.3. The van der Waals surface area contributed by atoms with Gasteiger partial charge in [0.1, 0.15) is 10.6 Å². The molecule has 2 aromatic rings. The van der Waals surface area contributed by atoms with Gasteiger partial charge in [0.15, 0.2) is 11.6 Å². The molecule has 0 saturated heterocycles. The van der Waals surface area contributed by atoms with E-state index in [1.165, 1.54) is 20.4 Å². The lowest BCUT2D eigenvalue weighted by molar-refractivity contribution is 0.0603. The summed E-state index contributed by atoms with van der Waals surface area (Å²) in [5.41, 5.74) is 6.09. The zero-order valence-corrected chi connectivity index (χ0v) is 11.6. The lowest BCUT2D eigenvalue weighted by atomic mass is 10.2. The summed E-state index contributed by atoms with van der Waals surface area (Å²) in [6.07, 6.45) is 1.20. The smallest absolute Gasteiger partial charge is 0.343 e. The molecule has 0 amide bonds. The number of aromatic nitrogens is 2. The van der Waals surface area contributed by atoms with Crippen molar-refractivity contribution in [1.29, 1.82) is 0 Å². The van der Waals surface area contributed by atoms with E-state index in [-0.39, 0.29) is 23.6 Å². The molecular weight excluding hydrogens is 284 g/mol. The van der Waals surface area contributed by atoms with Gasteiger partial charge in [-0.2, -0.15) is 4.98 Å². The molecule has 0 fully saturated rings. The Kier molecular flexibility index (Phi) is 3.99. The van der Waals surface area contributed by atoms with Crippen LogP contribution in [-0.2, 0) is 11.3 Å². The van der Waals surface area contributed by atoms with Crippen LogP contribution in [0.2, 0.25) is 0 Å². The van der Waals surface area contributed by atoms with E-state index in [2.05, 4.69) is 24.7 Å². The lowest BCUT2D eigenvalue weighted by Crippen LogP contribution is -2.09. The molecule has 2 rings (SSSR count). The van der Waals surface area contributed by atoms with Gasteiger partial charge in [-0.15, -0.1) is 11.3 Å². The van der Waals surface area contributed by atoms with Crippen LogP contribution in [0.25, 0.3) is 0 Å². The zero-order valence-electron chi connectivity index (χ0n) is 10.8. The monoisotopic (exact) mass is 296 g/mol. The summed E-state index contributed by atoms with van der Waals surface area (Å²) in [4.78, 5) is 27.4. The van der Waals surface area contributed by atoms with Crippen LogP contribution in [0, 0.1) is 0 Å². The molecular formula is C11H12N4O4S. The van der Waals surface area contributed by atoms with Crippen molar-refractivity contribution in [2.75, 3.05) is 18.2 Å². The molecule has 0 spiro atoms. The van der Waals surface area contributed by atoms with Crippen molar-refractivity contribution in [3.8, 4) is 0 Å². The van der Waals surface area contributed by atoms with Crippen LogP contribution in [0.1, 0.15) is 32.8 Å². The van der Waals surface area contributed by atoms with Crippen LogP contribution in [0.3, 0.4) is 0 Å². The maximum Gasteiger partial charge on any atom is 0.343 e. The molecule has 8 nitrogen and oxygen atoms in total. The number of hydrogen-bond acceptors (Lipinski definition) is 9. The standard InChI is InChI=1S/C11H12N4O4S/c1-5(16)9-8(12)7(11(17)18-2)10(20-9)13-3-6-14-4-19-15-6/h4,13H,3,12H2,1-2H3. The minimum absolute atomic E-state index is 0.116. The highest BCUT2D eigenvalue weighted by atomic mass is 32.1. The quantitative estimate of drug-likeness (QED) is 0.626. The molecule has 9 heteroatoms. The Balaban J connectivity index is 2.32. The van der Waals surface area contributed by atoms with Gasteiger partial charge in [-0.25, -0.2) is 4.79 Å². The molecule has 0 aliphatic carbocycles. The van der Waals surface area contributed by atoms with Crippen LogP contribution in [0.4, 0.5) is 10.7 Å². The summed E-state index contributed by atoms with van der Waals surface area (Å²) >= 11 is 1.09. The highest BCUT2D eigenvalue weighted by Gasteiger charge is 2.24. The highest BCUT2D eigenvalue weighted by molar-refractivity contribution is 7.19. The van der Waals surface area contributed by atoms with Gasteiger partial charge in [0, 0.05) is 6.92 Å². The Morgan fingerprint density at radius 3 is 2.85 bits per heavy atom. The van der Waals surface area contributed by atoms with E-state index in [4.69, 9.17) is 5.73 Å². The summed E-state index contributed by atoms with van der Waals surface area (Å²) in [6, 6.07) is 0. The number of hydrogen-bond donors (Lipinski definition) is 2. The molecule has 2 aromatic heterocycles. The maximum absolute atomic E-state index is 11.8. The average Bonchev–Trinajstić information content (AvgIpc) is 3.03. The van der Waals surface area contributed by atoms with Crippen LogP contribution < -0.4 is 11.1 Å². The number of anilines is 2. The summed E-state index contributed by atoms with van der Waals surface area (Å²) in [7, 11) is 1.25. The fourth-order valence-electron chi connectivity index (χ4n) is 1.56. The van der Waals surface area contributed by atoms with Gasteiger partial charge in [-0.05, 0) is 0 Å². The number of thiophene rings is 1. The lowest BCUT2D eigenvalue weighted by Gasteiger charge is -2.04. The topological polar surface area (TPSA) is 120 Å². The van der Waals surface area contributed by atoms with Crippen molar-refractivity contribution in [1.82, 2.24) is 10.1 Å². The number of nitrogen functional groups attached to an aromatic ring is 1. The predicted octanol–water partition coefficient (Wildman–Crippen LogP) is 1.31. The summed E-state index contributed by atoms with van der Waals surface area (Å²) in [5, 5.41) is 7.01. The summed E-state index contributed by atoms with van der Waals surface area (Å²) in [6.45, 7) is 1.62. The zero-order chi connectivity index (χ0) is 14.7. The van der Waals surface area contributed by atoms with Crippen LogP contribution >= 0.6 is 11.3 Å². The second-order valence-electron chi connectivity index (χ2n) is 3.80. The van der Waals surface area contributed by atoms with Crippen molar-refractivity contribution in [2.45, 2.75) is 13.5 Å². The van der Waals surface area contributed by atoms with E-state index in [9.17, 15) is 9.59 Å². The van der Waals surface area contributed by atoms with Crippen molar-refractivity contribution in [3.63, 3.8) is 0 Å². The molecule has 0 radical (unpaired) electrons. The second kappa shape index (κ2) is 5.70. The molecule has 0 bridgehead atoms. The van der Waals surface area contributed by atoms with E-state index in [1.54, 1.807) is 0 Å². The minimum atomic E-state index is -0.609. The number of ether oxygens (including phenoxy) is 1. The number of rotatable bonds is 5. The van der Waals surface area contributed by atoms with Crippen molar-refractivity contribution in [2.24, 2.45) is 0 Å². The summed E-state index contributed by atoms with van der Waals surface area (Å²) in [5.74, 6) is -0.413. The van der Waals surface area contributed by atoms with E-state index in [0.29, 0.717) is 15.7 Å². The Bertz CT molecular complexity index is 635. The number of esters is 1. The van der Waals surface area contributed by atoms with Gasteiger partial charge >= 0.3 is 5.97 Å². The second-order valence-corrected chi connectivity index (χ2v) is 4.82. The third-order valence-electron chi connectivity index (χ3n) is 2.47. The highest BCUT2D eigenvalue weighted by Crippen LogP contribution is 2.36. The van der Waals surface area contributed by atoms with Gasteiger partial charge < -0.3 is 20.3 Å². The van der Waals surface area contributed by atoms with E-state index in [1.807, 2.05) is 0 Å². The first kappa shape index (κ1) is 14.0. The minimum Gasteiger partial charge on any atom is -0.465 e.